The molecule has 2 atom stereocenters. The van der Waals surface area contributed by atoms with E-state index in [4.69, 9.17) is 14.5 Å². The minimum absolute atomic E-state index is 0.0337. The smallest absolute Gasteiger partial charge is 0.269 e. The van der Waals surface area contributed by atoms with Gasteiger partial charge in [0, 0.05) is 31.1 Å². The lowest BCUT2D eigenvalue weighted by molar-refractivity contribution is 0.0710. The van der Waals surface area contributed by atoms with Crippen molar-refractivity contribution in [1.29, 1.82) is 0 Å². The number of aromatic nitrogens is 1. The second-order valence-electron chi connectivity index (χ2n) is 12.2. The molecule has 0 aliphatic carbocycles. The molecule has 0 bridgehead atoms. The summed E-state index contributed by atoms with van der Waals surface area (Å²) in [7, 11) is 0. The first-order valence-electron chi connectivity index (χ1n) is 15.7. The maximum absolute atomic E-state index is 14.4. The van der Waals surface area contributed by atoms with E-state index in [9.17, 15) is 9.59 Å². The molecular weight excluding hydrogens is 552 g/mol. The number of pyridine rings is 1. The molecule has 44 heavy (non-hydrogen) atoms. The van der Waals surface area contributed by atoms with Crippen molar-refractivity contribution in [3.8, 4) is 22.6 Å². The zero-order chi connectivity index (χ0) is 30.0. The van der Waals surface area contributed by atoms with Crippen LogP contribution in [0.15, 0.2) is 72.8 Å². The molecule has 3 aliphatic rings. The minimum Gasteiger partial charge on any atom is -0.454 e. The first-order valence-corrected chi connectivity index (χ1v) is 15.7. The zero-order valence-electron chi connectivity index (χ0n) is 25.1. The van der Waals surface area contributed by atoms with E-state index >= 15 is 0 Å². The molecule has 4 heterocycles. The van der Waals surface area contributed by atoms with Gasteiger partial charge in [0.05, 0.1) is 11.1 Å². The summed E-state index contributed by atoms with van der Waals surface area (Å²) < 4.78 is 11.1. The van der Waals surface area contributed by atoms with Crippen molar-refractivity contribution in [1.82, 2.24) is 20.1 Å². The van der Waals surface area contributed by atoms with E-state index in [-0.39, 0.29) is 36.3 Å². The van der Waals surface area contributed by atoms with Gasteiger partial charge in [0.15, 0.2) is 11.5 Å². The summed E-state index contributed by atoms with van der Waals surface area (Å²) in [5.74, 6) is 1.26. The van der Waals surface area contributed by atoms with Crippen LogP contribution in [0, 0.1) is 0 Å². The number of nitrogens with zero attached hydrogens (tertiary/aromatic N) is 3. The lowest BCUT2D eigenvalue weighted by Crippen LogP contribution is -2.42. The van der Waals surface area contributed by atoms with Gasteiger partial charge < -0.3 is 24.6 Å². The third-order valence-electron chi connectivity index (χ3n) is 9.22. The molecule has 1 unspecified atom stereocenters. The number of fused-ring (bicyclic) bond motifs is 2. The number of likely N-dealkylation sites (tertiary alicyclic amines) is 2. The molecule has 1 aromatic heterocycles. The Bertz CT molecular complexity index is 1680. The van der Waals surface area contributed by atoms with Crippen LogP contribution in [-0.2, 0) is 0 Å². The van der Waals surface area contributed by atoms with Crippen LogP contribution >= 0.6 is 0 Å². The van der Waals surface area contributed by atoms with E-state index < -0.39 is 0 Å². The van der Waals surface area contributed by atoms with E-state index in [1.54, 1.807) is 6.07 Å². The Kier molecular flexibility index (Phi) is 7.91. The number of hydrogen-bond donors (Lipinski definition) is 1. The van der Waals surface area contributed by atoms with Gasteiger partial charge in [-0.05, 0) is 91.7 Å². The third-order valence-corrected chi connectivity index (χ3v) is 9.22. The number of carbonyl (C=O) groups excluding carboxylic acids is 2. The minimum atomic E-state index is -0.279. The molecule has 0 radical (unpaired) electrons. The first-order chi connectivity index (χ1) is 21.5. The van der Waals surface area contributed by atoms with Gasteiger partial charge in [-0.1, -0.05) is 49.4 Å². The molecule has 4 aromatic rings. The van der Waals surface area contributed by atoms with Gasteiger partial charge in [-0.15, -0.1) is 0 Å². The second-order valence-corrected chi connectivity index (χ2v) is 12.2. The van der Waals surface area contributed by atoms with Crippen LogP contribution in [0.4, 0.5) is 0 Å². The number of hydrogen-bond acceptors (Lipinski definition) is 6. The fourth-order valence-electron chi connectivity index (χ4n) is 6.72. The molecule has 0 saturated carbocycles. The molecule has 2 fully saturated rings. The highest BCUT2D eigenvalue weighted by molar-refractivity contribution is 6.09. The van der Waals surface area contributed by atoms with Crippen LogP contribution < -0.4 is 14.8 Å². The molecule has 8 nitrogen and oxygen atoms in total. The monoisotopic (exact) mass is 590 g/mol. The summed E-state index contributed by atoms with van der Waals surface area (Å²) in [4.78, 5) is 37.1. The Morgan fingerprint density at radius 3 is 2.52 bits per heavy atom. The Morgan fingerprint density at radius 2 is 1.68 bits per heavy atom. The van der Waals surface area contributed by atoms with E-state index in [2.05, 4.69) is 29.3 Å². The van der Waals surface area contributed by atoms with Gasteiger partial charge >= 0.3 is 0 Å². The standard InChI is InChI=1S/C36H38N4O4/c1-24(25-8-3-2-4-9-25)21-37-35(41)32-20-30(36(42)40-17-7-10-28(40)22-39-15-5-6-16-39)29-18-26(11-13-31(29)38-32)27-12-14-33-34(19-27)44-23-43-33/h2-4,8-9,11-14,18-20,24,28H,5-7,10,15-17,21-23H2,1H3,(H,37,41)/t24?,28-/m0/s1. The predicted octanol–water partition coefficient (Wildman–Crippen LogP) is 5.86. The maximum atomic E-state index is 14.4. The largest absolute Gasteiger partial charge is 0.454 e. The van der Waals surface area contributed by atoms with Crippen molar-refractivity contribution >= 4 is 22.7 Å². The molecular formula is C36H38N4O4. The van der Waals surface area contributed by atoms with Crippen LogP contribution in [0.5, 0.6) is 11.5 Å². The highest BCUT2D eigenvalue weighted by Gasteiger charge is 2.33. The molecule has 2 amide bonds. The first kappa shape index (κ1) is 28.3. The normalized spacial score (nSPS) is 18.6. The topological polar surface area (TPSA) is 84.0 Å². The van der Waals surface area contributed by atoms with Gasteiger partial charge in [-0.2, -0.15) is 0 Å². The van der Waals surface area contributed by atoms with Gasteiger partial charge in [-0.25, -0.2) is 4.98 Å². The van der Waals surface area contributed by atoms with Crippen molar-refractivity contribution in [2.75, 3.05) is 39.5 Å². The molecule has 2 saturated heterocycles. The molecule has 0 spiro atoms. The van der Waals surface area contributed by atoms with Gasteiger partial charge in [0.2, 0.25) is 6.79 Å². The SMILES string of the molecule is CC(CNC(=O)c1cc(C(=O)N2CCC[C@H]2CN2CCCC2)c2cc(-c3ccc4c(c3)OCO4)ccc2n1)c1ccccc1. The molecule has 3 aliphatic heterocycles. The van der Waals surface area contributed by atoms with Gasteiger partial charge in [0.25, 0.3) is 11.8 Å². The number of nitrogens with one attached hydrogen (secondary N) is 1. The van der Waals surface area contributed by atoms with E-state index in [0.29, 0.717) is 23.4 Å². The van der Waals surface area contributed by atoms with Gasteiger partial charge in [-0.3, -0.25) is 9.59 Å². The second kappa shape index (κ2) is 12.3. The Morgan fingerprint density at radius 1 is 0.909 bits per heavy atom. The zero-order valence-corrected chi connectivity index (χ0v) is 25.1. The maximum Gasteiger partial charge on any atom is 0.269 e. The molecule has 3 aromatic carbocycles. The van der Waals surface area contributed by atoms with Crippen LogP contribution in [0.1, 0.15) is 64.9 Å². The molecule has 7 rings (SSSR count). The summed E-state index contributed by atoms with van der Waals surface area (Å²) in [5, 5.41) is 3.80. The van der Waals surface area contributed by atoms with Crippen LogP contribution in [0.25, 0.3) is 22.0 Å². The fourth-order valence-corrected chi connectivity index (χ4v) is 6.72. The number of rotatable bonds is 8. The fraction of sp³-hybridized carbons (Fsp3) is 0.361. The lowest BCUT2D eigenvalue weighted by atomic mass is 9.98. The summed E-state index contributed by atoms with van der Waals surface area (Å²) in [6.45, 7) is 6.59. The van der Waals surface area contributed by atoms with Crippen molar-refractivity contribution in [2.45, 2.75) is 44.6 Å². The molecule has 8 heteroatoms. The van der Waals surface area contributed by atoms with Crippen molar-refractivity contribution < 1.29 is 19.1 Å². The average molecular weight is 591 g/mol. The quantitative estimate of drug-likeness (QED) is 0.277. The summed E-state index contributed by atoms with van der Waals surface area (Å²) in [6, 6.07) is 23.7. The Labute approximate surface area is 258 Å². The van der Waals surface area contributed by atoms with Crippen LogP contribution in [-0.4, -0.2) is 72.2 Å². The van der Waals surface area contributed by atoms with Crippen molar-refractivity contribution in [3.05, 3.63) is 89.6 Å². The van der Waals surface area contributed by atoms with E-state index in [1.165, 1.54) is 12.8 Å². The lowest BCUT2D eigenvalue weighted by Gasteiger charge is -2.29. The third kappa shape index (κ3) is 5.74. The summed E-state index contributed by atoms with van der Waals surface area (Å²) in [5.41, 5.74) is 4.45. The highest BCUT2D eigenvalue weighted by atomic mass is 16.7. The average Bonchev–Trinajstić information content (AvgIpc) is 3.85. The Balaban J connectivity index is 1.22. The highest BCUT2D eigenvalue weighted by Crippen LogP contribution is 2.37. The Hall–Kier alpha value is -4.43. The van der Waals surface area contributed by atoms with E-state index in [1.807, 2.05) is 59.5 Å². The summed E-state index contributed by atoms with van der Waals surface area (Å²) >= 11 is 0. The summed E-state index contributed by atoms with van der Waals surface area (Å²) in [6.07, 6.45) is 4.43. The molecule has 226 valence electrons. The number of ether oxygens (including phenoxy) is 2. The van der Waals surface area contributed by atoms with Crippen LogP contribution in [0.2, 0.25) is 0 Å². The predicted molar refractivity (Wildman–Crippen MR) is 170 cm³/mol. The van der Waals surface area contributed by atoms with Gasteiger partial charge in [0.1, 0.15) is 5.69 Å². The number of benzene rings is 3. The van der Waals surface area contributed by atoms with Crippen molar-refractivity contribution in [2.24, 2.45) is 0 Å². The number of amides is 2. The van der Waals surface area contributed by atoms with Crippen molar-refractivity contribution in [3.63, 3.8) is 0 Å². The van der Waals surface area contributed by atoms with Crippen LogP contribution in [0.3, 0.4) is 0 Å². The number of carbonyl (C=O) groups is 2. The molecule has 1 N–H and O–H groups in total. The van der Waals surface area contributed by atoms with E-state index in [0.717, 1.165) is 66.8 Å².